The lowest BCUT2D eigenvalue weighted by Gasteiger charge is -2.00. The first-order valence-electron chi connectivity index (χ1n) is 5.68. The number of nitrogens with zero attached hydrogens (tertiary/aromatic N) is 1. The average molecular weight is 278 g/mol. The Bertz CT molecular complexity index is 910. The van der Waals surface area contributed by atoms with E-state index in [1.165, 1.54) is 6.07 Å². The van der Waals surface area contributed by atoms with Crippen LogP contribution in [0.15, 0.2) is 27.8 Å². The van der Waals surface area contributed by atoms with E-state index in [1.54, 1.807) is 0 Å². The lowest BCUT2D eigenvalue weighted by atomic mass is 10.1. The number of aromatic amines is 3. The third-order valence-corrected chi connectivity index (χ3v) is 2.81. The molecule has 0 aliphatic rings. The van der Waals surface area contributed by atoms with E-state index in [0.29, 0.717) is 0 Å². The summed E-state index contributed by atoms with van der Waals surface area (Å²) in [7, 11) is 0. The molecule has 1 aromatic carbocycles. The molecule has 2 heterocycles. The van der Waals surface area contributed by atoms with Crippen molar-refractivity contribution in [2.24, 2.45) is 0 Å². The number of fused-ring (bicyclic) bond motifs is 1. The molecule has 0 radical (unpaired) electrons. The van der Waals surface area contributed by atoms with Gasteiger partial charge < -0.3 is 4.98 Å². The van der Waals surface area contributed by atoms with E-state index >= 15 is 0 Å². The summed E-state index contributed by atoms with van der Waals surface area (Å²) in [6, 6.07) is 3.20. The zero-order chi connectivity index (χ0) is 14.3. The van der Waals surface area contributed by atoms with Gasteiger partial charge in [-0.15, -0.1) is 0 Å². The largest absolute Gasteiger partial charge is 0.336 e. The van der Waals surface area contributed by atoms with E-state index in [-0.39, 0.29) is 29.0 Å². The Morgan fingerprint density at radius 1 is 1.10 bits per heavy atom. The second-order valence-electron chi connectivity index (χ2n) is 4.23. The number of hydrogen-bond acceptors (Lipinski definition) is 3. The molecule has 0 spiro atoms. The maximum atomic E-state index is 13.5. The van der Waals surface area contributed by atoms with Crippen molar-refractivity contribution in [3.05, 3.63) is 62.1 Å². The molecule has 0 aliphatic carbocycles. The van der Waals surface area contributed by atoms with E-state index < -0.39 is 22.9 Å². The minimum absolute atomic E-state index is 0.0439. The summed E-state index contributed by atoms with van der Waals surface area (Å²) in [6.07, 6.45) is 0.0439. The van der Waals surface area contributed by atoms with Crippen molar-refractivity contribution >= 4 is 11.2 Å². The Kier molecular flexibility index (Phi) is 2.70. The molecule has 0 fully saturated rings. The molecule has 2 aromatic heterocycles. The minimum atomic E-state index is -0.701. The van der Waals surface area contributed by atoms with E-state index in [0.717, 1.165) is 12.1 Å². The standard InChI is InChI=1S/C12H8F2N4O2/c13-6-2-1-5(7(14)4-6)3-8-15-9-10(16-8)17-12(20)18-11(9)19/h1-2,4H,3H2,(H3,15,16,17,18,19,20). The summed E-state index contributed by atoms with van der Waals surface area (Å²) < 4.78 is 26.3. The molecule has 6 nitrogen and oxygen atoms in total. The van der Waals surface area contributed by atoms with Gasteiger partial charge in [-0.2, -0.15) is 0 Å². The smallest absolute Gasteiger partial charge is 0.327 e. The molecule has 3 N–H and O–H groups in total. The van der Waals surface area contributed by atoms with Gasteiger partial charge in [-0.25, -0.2) is 18.6 Å². The molecule has 0 saturated heterocycles. The Balaban J connectivity index is 2.05. The van der Waals surface area contributed by atoms with Gasteiger partial charge in [0.25, 0.3) is 5.56 Å². The summed E-state index contributed by atoms with van der Waals surface area (Å²) >= 11 is 0. The number of benzene rings is 1. The second-order valence-corrected chi connectivity index (χ2v) is 4.23. The predicted octanol–water partition coefficient (Wildman–Crippen LogP) is 0.808. The molecule has 0 atom stereocenters. The molecular weight excluding hydrogens is 270 g/mol. The van der Waals surface area contributed by atoms with Crippen LogP contribution in [0.2, 0.25) is 0 Å². The van der Waals surface area contributed by atoms with Crippen LogP contribution in [-0.4, -0.2) is 19.9 Å². The fourth-order valence-electron chi connectivity index (χ4n) is 1.91. The Morgan fingerprint density at radius 2 is 1.90 bits per heavy atom. The first-order chi connectivity index (χ1) is 9.52. The van der Waals surface area contributed by atoms with Crippen molar-refractivity contribution in [2.45, 2.75) is 6.42 Å². The fraction of sp³-hybridized carbons (Fsp3) is 0.0833. The highest BCUT2D eigenvalue weighted by Crippen LogP contribution is 2.14. The van der Waals surface area contributed by atoms with Crippen LogP contribution in [0.25, 0.3) is 11.2 Å². The maximum absolute atomic E-state index is 13.5. The summed E-state index contributed by atoms with van der Waals surface area (Å²) in [5.74, 6) is -1.08. The van der Waals surface area contributed by atoms with Gasteiger partial charge in [-0.3, -0.25) is 14.8 Å². The van der Waals surface area contributed by atoms with Gasteiger partial charge in [0.05, 0.1) is 0 Å². The van der Waals surface area contributed by atoms with Gasteiger partial charge in [0.1, 0.15) is 23.0 Å². The first kappa shape index (κ1) is 12.3. The number of aromatic nitrogens is 4. The number of rotatable bonds is 2. The van der Waals surface area contributed by atoms with Crippen molar-refractivity contribution in [1.29, 1.82) is 0 Å². The monoisotopic (exact) mass is 278 g/mol. The van der Waals surface area contributed by atoms with Gasteiger partial charge in [-0.1, -0.05) is 6.07 Å². The highest BCUT2D eigenvalue weighted by atomic mass is 19.1. The van der Waals surface area contributed by atoms with E-state index in [1.807, 2.05) is 4.98 Å². The number of nitrogens with one attached hydrogen (secondary N) is 3. The van der Waals surface area contributed by atoms with Gasteiger partial charge in [-0.05, 0) is 11.6 Å². The third-order valence-electron chi connectivity index (χ3n) is 2.81. The normalized spacial score (nSPS) is 11.1. The van der Waals surface area contributed by atoms with Crippen molar-refractivity contribution in [1.82, 2.24) is 19.9 Å². The van der Waals surface area contributed by atoms with Crippen LogP contribution in [0.1, 0.15) is 11.4 Å². The Morgan fingerprint density at radius 3 is 2.65 bits per heavy atom. The SMILES string of the molecule is O=c1[nH]c(=O)c2[nH]c(Cc3ccc(F)cc3F)nc2[nH]1. The lowest BCUT2D eigenvalue weighted by Crippen LogP contribution is -2.21. The van der Waals surface area contributed by atoms with Crippen LogP contribution >= 0.6 is 0 Å². The molecule has 0 aliphatic heterocycles. The quantitative estimate of drug-likeness (QED) is 0.647. The summed E-state index contributed by atoms with van der Waals surface area (Å²) in [5, 5.41) is 0. The molecule has 0 amide bonds. The van der Waals surface area contributed by atoms with E-state index in [2.05, 4.69) is 15.0 Å². The minimum Gasteiger partial charge on any atom is -0.336 e. The molecule has 0 bridgehead atoms. The average Bonchev–Trinajstić information content (AvgIpc) is 2.75. The van der Waals surface area contributed by atoms with Crippen LogP contribution < -0.4 is 11.2 Å². The van der Waals surface area contributed by atoms with E-state index in [9.17, 15) is 18.4 Å². The van der Waals surface area contributed by atoms with Gasteiger partial charge in [0, 0.05) is 12.5 Å². The molecule has 3 rings (SSSR count). The summed E-state index contributed by atoms with van der Waals surface area (Å²) in [6.45, 7) is 0. The van der Waals surface area contributed by atoms with Crippen LogP contribution in [0, 0.1) is 11.6 Å². The van der Waals surface area contributed by atoms with Gasteiger partial charge >= 0.3 is 5.69 Å². The van der Waals surface area contributed by atoms with E-state index in [4.69, 9.17) is 0 Å². The number of H-pyrrole nitrogens is 3. The molecule has 20 heavy (non-hydrogen) atoms. The molecule has 0 unspecified atom stereocenters. The van der Waals surface area contributed by atoms with Crippen LogP contribution in [-0.2, 0) is 6.42 Å². The highest BCUT2D eigenvalue weighted by molar-refractivity contribution is 5.68. The topological polar surface area (TPSA) is 94.4 Å². The molecule has 0 saturated carbocycles. The lowest BCUT2D eigenvalue weighted by molar-refractivity contribution is 0.574. The zero-order valence-corrected chi connectivity index (χ0v) is 9.96. The third kappa shape index (κ3) is 2.11. The van der Waals surface area contributed by atoms with Crippen molar-refractivity contribution in [3.8, 4) is 0 Å². The van der Waals surface area contributed by atoms with Crippen LogP contribution in [0.5, 0.6) is 0 Å². The molecule has 3 aromatic rings. The number of hydrogen-bond donors (Lipinski definition) is 3. The first-order valence-corrected chi connectivity index (χ1v) is 5.68. The van der Waals surface area contributed by atoms with Crippen LogP contribution in [0.3, 0.4) is 0 Å². The van der Waals surface area contributed by atoms with Crippen molar-refractivity contribution in [2.75, 3.05) is 0 Å². The molecule has 102 valence electrons. The maximum Gasteiger partial charge on any atom is 0.327 e. The Labute approximate surface area is 109 Å². The van der Waals surface area contributed by atoms with Crippen molar-refractivity contribution < 1.29 is 8.78 Å². The van der Waals surface area contributed by atoms with Gasteiger partial charge in [0.15, 0.2) is 5.65 Å². The summed E-state index contributed by atoms with van der Waals surface area (Å²) in [5.41, 5.74) is -0.863. The Hall–Kier alpha value is -2.77. The van der Waals surface area contributed by atoms with Crippen LogP contribution in [0.4, 0.5) is 8.78 Å². The molecular formula is C12H8F2N4O2. The van der Waals surface area contributed by atoms with Gasteiger partial charge in [0.2, 0.25) is 0 Å². The van der Waals surface area contributed by atoms with Crippen molar-refractivity contribution in [3.63, 3.8) is 0 Å². The molecule has 8 heteroatoms. The predicted molar refractivity (Wildman–Crippen MR) is 66.5 cm³/mol. The summed E-state index contributed by atoms with van der Waals surface area (Å²) in [4.78, 5) is 33.7. The number of imidazole rings is 1. The fourth-order valence-corrected chi connectivity index (χ4v) is 1.91. The zero-order valence-electron chi connectivity index (χ0n) is 9.96. The number of halogens is 2. The highest BCUT2D eigenvalue weighted by Gasteiger charge is 2.10. The second kappa shape index (κ2) is 4.41.